The summed E-state index contributed by atoms with van der Waals surface area (Å²) in [6.07, 6.45) is -3.08. The number of halogens is 4. The molecule has 2 N–H and O–H groups in total. The Bertz CT molecular complexity index is 383. The summed E-state index contributed by atoms with van der Waals surface area (Å²) in [5, 5.41) is -0.525. The molecule has 0 aliphatic carbocycles. The lowest BCUT2D eigenvalue weighted by atomic mass is 10.2. The Morgan fingerprint density at radius 2 is 2.14 bits per heavy atom. The molecule has 7 heteroatoms. The number of nitrogens with two attached hydrogens (primary N) is 1. The Morgan fingerprint density at radius 3 is 2.57 bits per heavy atom. The summed E-state index contributed by atoms with van der Waals surface area (Å²) in [5.74, 6) is -2.39. The lowest BCUT2D eigenvalue weighted by Crippen LogP contribution is -2.16. The van der Waals surface area contributed by atoms with Crippen molar-refractivity contribution in [3.8, 4) is 0 Å². The molecule has 1 aromatic heterocycles. The molecule has 0 aromatic carbocycles. The Morgan fingerprint density at radius 1 is 1.57 bits per heavy atom. The van der Waals surface area contributed by atoms with Crippen molar-refractivity contribution in [2.24, 2.45) is 5.73 Å². The van der Waals surface area contributed by atoms with Gasteiger partial charge in [0.05, 0.1) is 10.6 Å². The number of carbonyl (C=O) groups is 1. The molecule has 3 nitrogen and oxygen atoms in total. The Hall–Kier alpha value is -1.30. The molecule has 0 saturated heterocycles. The first-order valence-electron chi connectivity index (χ1n) is 3.37. The van der Waals surface area contributed by atoms with Crippen LogP contribution in [-0.2, 0) is 0 Å². The molecular weight excluding hydrogens is 221 g/mol. The van der Waals surface area contributed by atoms with Gasteiger partial charge < -0.3 is 5.73 Å². The van der Waals surface area contributed by atoms with Crippen LogP contribution < -0.4 is 5.73 Å². The van der Waals surface area contributed by atoms with Crippen LogP contribution in [-0.4, -0.2) is 10.9 Å². The summed E-state index contributed by atoms with van der Waals surface area (Å²) in [5.41, 5.74) is 3.20. The lowest BCUT2D eigenvalue weighted by molar-refractivity contribution is 0.0982. The van der Waals surface area contributed by atoms with Gasteiger partial charge in [-0.25, -0.2) is 13.8 Å². The van der Waals surface area contributed by atoms with Crippen LogP contribution in [0.4, 0.5) is 13.2 Å². The van der Waals surface area contributed by atoms with Crippen LogP contribution in [0.25, 0.3) is 0 Å². The fraction of sp³-hybridized carbons (Fsp3) is 0.143. The number of carbonyl (C=O) groups excluding carboxylic acids is 1. The van der Waals surface area contributed by atoms with Gasteiger partial charge in [-0.05, 0) is 6.07 Å². The van der Waals surface area contributed by atoms with E-state index in [-0.39, 0.29) is 0 Å². The van der Waals surface area contributed by atoms with Crippen molar-refractivity contribution < 1.29 is 18.0 Å². The second-order valence-corrected chi connectivity index (χ2v) is 2.77. The van der Waals surface area contributed by atoms with Gasteiger partial charge in [-0.15, -0.1) is 0 Å². The predicted octanol–water partition coefficient (Wildman–Crippen LogP) is 1.91. The third-order valence-electron chi connectivity index (χ3n) is 1.43. The van der Waals surface area contributed by atoms with E-state index in [1.54, 1.807) is 0 Å². The van der Waals surface area contributed by atoms with E-state index >= 15 is 0 Å². The average Bonchev–Trinajstić information content (AvgIpc) is 2.08. The number of nitrogens with zero attached hydrogens (tertiary/aromatic N) is 1. The van der Waals surface area contributed by atoms with Gasteiger partial charge in [0.15, 0.2) is 0 Å². The maximum absolute atomic E-state index is 12.7. The number of primary amides is 1. The maximum Gasteiger partial charge on any atom is 0.281 e. The molecule has 0 saturated carbocycles. The standard InChI is InChI=1S/C7H4ClF3N2O/c8-3-1-2(7(12)14)4(5(9)10)13-6(3)11/h1,5H,(H2,12,14). The molecule has 0 aliphatic heterocycles. The minimum atomic E-state index is -3.08. The molecule has 0 bridgehead atoms. The fourth-order valence-electron chi connectivity index (χ4n) is 0.843. The predicted molar refractivity (Wildman–Crippen MR) is 42.7 cm³/mol. The van der Waals surface area contributed by atoms with Crippen LogP contribution >= 0.6 is 11.6 Å². The molecule has 76 valence electrons. The van der Waals surface area contributed by atoms with Crippen LogP contribution in [0.1, 0.15) is 22.5 Å². The van der Waals surface area contributed by atoms with Crippen molar-refractivity contribution in [3.63, 3.8) is 0 Å². The minimum absolute atomic E-state index is 0.525. The van der Waals surface area contributed by atoms with Crippen LogP contribution in [0.3, 0.4) is 0 Å². The second kappa shape index (κ2) is 3.83. The van der Waals surface area contributed by atoms with Gasteiger partial charge in [0.1, 0.15) is 5.69 Å². The topological polar surface area (TPSA) is 56.0 Å². The normalized spacial score (nSPS) is 10.6. The van der Waals surface area contributed by atoms with Crippen molar-refractivity contribution in [1.82, 2.24) is 4.98 Å². The van der Waals surface area contributed by atoms with Crippen molar-refractivity contribution in [1.29, 1.82) is 0 Å². The number of hydrogen-bond donors (Lipinski definition) is 1. The molecule has 0 atom stereocenters. The number of amides is 1. The van der Waals surface area contributed by atoms with E-state index in [9.17, 15) is 18.0 Å². The van der Waals surface area contributed by atoms with Gasteiger partial charge in [0.25, 0.3) is 12.3 Å². The number of aromatic nitrogens is 1. The summed E-state index contributed by atoms with van der Waals surface area (Å²) < 4.78 is 37.1. The monoisotopic (exact) mass is 224 g/mol. The smallest absolute Gasteiger partial charge is 0.281 e. The zero-order valence-corrected chi connectivity index (χ0v) is 7.36. The van der Waals surface area contributed by atoms with E-state index < -0.39 is 34.6 Å². The summed E-state index contributed by atoms with van der Waals surface area (Å²) in [6, 6.07) is 0.730. The first kappa shape index (κ1) is 10.8. The molecule has 14 heavy (non-hydrogen) atoms. The Balaban J connectivity index is 3.39. The van der Waals surface area contributed by atoms with Crippen molar-refractivity contribution in [2.75, 3.05) is 0 Å². The Labute approximate surface area is 81.7 Å². The highest BCUT2D eigenvalue weighted by Gasteiger charge is 2.21. The molecule has 0 fully saturated rings. The Kier molecular flexibility index (Phi) is 2.95. The van der Waals surface area contributed by atoms with Crippen LogP contribution in [0, 0.1) is 5.95 Å². The summed E-state index contributed by atoms with van der Waals surface area (Å²) in [6.45, 7) is 0. The van der Waals surface area contributed by atoms with Crippen molar-refractivity contribution in [2.45, 2.75) is 6.43 Å². The van der Waals surface area contributed by atoms with Gasteiger partial charge in [0, 0.05) is 0 Å². The fourth-order valence-corrected chi connectivity index (χ4v) is 0.995. The molecule has 0 spiro atoms. The first-order chi connectivity index (χ1) is 6.43. The minimum Gasteiger partial charge on any atom is -0.366 e. The summed E-state index contributed by atoms with van der Waals surface area (Å²) >= 11 is 5.24. The summed E-state index contributed by atoms with van der Waals surface area (Å²) in [4.78, 5) is 13.5. The first-order valence-corrected chi connectivity index (χ1v) is 3.75. The van der Waals surface area contributed by atoms with Crippen molar-refractivity contribution in [3.05, 3.63) is 28.3 Å². The number of alkyl halides is 2. The third kappa shape index (κ3) is 1.95. The zero-order chi connectivity index (χ0) is 10.9. The quantitative estimate of drug-likeness (QED) is 0.780. The number of rotatable bonds is 2. The van der Waals surface area contributed by atoms with Gasteiger partial charge >= 0.3 is 0 Å². The SMILES string of the molecule is NC(=O)c1cc(Cl)c(F)nc1C(F)F. The van der Waals surface area contributed by atoms with Crippen LogP contribution in [0.2, 0.25) is 5.02 Å². The van der Waals surface area contributed by atoms with E-state index in [1.807, 2.05) is 0 Å². The molecule has 1 rings (SSSR count). The summed E-state index contributed by atoms with van der Waals surface area (Å²) in [7, 11) is 0. The average molecular weight is 225 g/mol. The van der Waals surface area contributed by atoms with Crippen LogP contribution in [0.15, 0.2) is 6.07 Å². The zero-order valence-electron chi connectivity index (χ0n) is 6.60. The van der Waals surface area contributed by atoms with Crippen molar-refractivity contribution >= 4 is 17.5 Å². The van der Waals surface area contributed by atoms with Gasteiger partial charge in [-0.2, -0.15) is 4.39 Å². The van der Waals surface area contributed by atoms with E-state index in [0.717, 1.165) is 6.07 Å². The lowest BCUT2D eigenvalue weighted by Gasteiger charge is -2.05. The highest BCUT2D eigenvalue weighted by molar-refractivity contribution is 6.31. The highest BCUT2D eigenvalue weighted by Crippen LogP contribution is 2.24. The molecule has 0 radical (unpaired) electrons. The second-order valence-electron chi connectivity index (χ2n) is 2.36. The van der Waals surface area contributed by atoms with E-state index in [4.69, 9.17) is 17.3 Å². The van der Waals surface area contributed by atoms with Gasteiger partial charge in [-0.1, -0.05) is 11.6 Å². The molecule has 1 heterocycles. The molecule has 1 amide bonds. The van der Waals surface area contributed by atoms with Gasteiger partial charge in [0.2, 0.25) is 5.95 Å². The van der Waals surface area contributed by atoms with E-state index in [2.05, 4.69) is 4.98 Å². The highest BCUT2D eigenvalue weighted by atomic mass is 35.5. The molecule has 1 aromatic rings. The molecule has 0 unspecified atom stereocenters. The molecular formula is C7H4ClF3N2O. The number of hydrogen-bond acceptors (Lipinski definition) is 2. The van der Waals surface area contributed by atoms with E-state index in [1.165, 1.54) is 0 Å². The largest absolute Gasteiger partial charge is 0.366 e. The third-order valence-corrected chi connectivity index (χ3v) is 1.70. The van der Waals surface area contributed by atoms with Gasteiger partial charge in [-0.3, -0.25) is 4.79 Å². The van der Waals surface area contributed by atoms with Crippen LogP contribution in [0.5, 0.6) is 0 Å². The molecule has 0 aliphatic rings. The maximum atomic E-state index is 12.7. The van der Waals surface area contributed by atoms with E-state index in [0.29, 0.717) is 0 Å². The number of pyridine rings is 1.